The zero-order valence-electron chi connectivity index (χ0n) is 7.23. The van der Waals surface area contributed by atoms with Crippen molar-refractivity contribution < 1.29 is 4.92 Å². The van der Waals surface area contributed by atoms with E-state index in [9.17, 15) is 10.1 Å². The van der Waals surface area contributed by atoms with Crippen molar-refractivity contribution in [2.24, 2.45) is 5.73 Å². The van der Waals surface area contributed by atoms with Gasteiger partial charge in [0.25, 0.3) is 0 Å². The first-order valence-electron chi connectivity index (χ1n) is 3.73. The highest BCUT2D eigenvalue weighted by Gasteiger charge is 2.13. The lowest BCUT2D eigenvalue weighted by Gasteiger charge is -1.97. The molecule has 0 saturated heterocycles. The Hall–Kier alpha value is -2.13. The van der Waals surface area contributed by atoms with Gasteiger partial charge in [0, 0.05) is 6.20 Å². The van der Waals surface area contributed by atoms with Crippen molar-refractivity contribution in [1.29, 1.82) is 0 Å². The minimum atomic E-state index is -0.601. The Morgan fingerprint density at radius 2 is 2.29 bits per heavy atom. The number of hydrogen-bond donors (Lipinski definition) is 2. The lowest BCUT2D eigenvalue weighted by Crippen LogP contribution is -2.00. The van der Waals surface area contributed by atoms with E-state index in [1.54, 1.807) is 0 Å². The van der Waals surface area contributed by atoms with Gasteiger partial charge >= 0.3 is 5.69 Å². The number of nitro groups is 1. The Kier molecular flexibility index (Phi) is 2.99. The maximum Gasteiger partial charge on any atom is 0.311 e. The van der Waals surface area contributed by atoms with Crippen LogP contribution in [0.3, 0.4) is 0 Å². The molecule has 1 rings (SSSR count). The molecule has 0 spiro atoms. The molecule has 0 radical (unpaired) electrons. The summed E-state index contributed by atoms with van der Waals surface area (Å²) in [6.07, 6.45) is 2.45. The summed E-state index contributed by atoms with van der Waals surface area (Å²) in [5, 5.41) is 10.5. The predicted octanol–water partition coefficient (Wildman–Crippen LogP) is -0.118. The largest absolute Gasteiger partial charge is 0.392 e. The van der Waals surface area contributed by atoms with Crippen LogP contribution in [0.25, 0.3) is 0 Å². The van der Waals surface area contributed by atoms with Crippen LogP contribution in [0.1, 0.15) is 5.56 Å². The third-order valence-electron chi connectivity index (χ3n) is 1.49. The molecule has 0 atom stereocenters. The van der Waals surface area contributed by atoms with Gasteiger partial charge in [-0.3, -0.25) is 15.1 Å². The molecule has 0 unspecified atom stereocenters. The lowest BCUT2D eigenvalue weighted by atomic mass is 10.2. The van der Waals surface area contributed by atoms with Crippen LogP contribution in [-0.2, 0) is 0 Å². The smallest absolute Gasteiger partial charge is 0.311 e. The predicted molar refractivity (Wildman–Crippen MR) is 51.2 cm³/mol. The number of nitrogens with two attached hydrogens (primary N) is 2. The highest BCUT2D eigenvalue weighted by atomic mass is 16.6. The molecule has 0 aliphatic carbocycles. The minimum Gasteiger partial charge on any atom is -0.392 e. The molecule has 14 heavy (non-hydrogen) atoms. The van der Waals surface area contributed by atoms with E-state index in [0.29, 0.717) is 5.56 Å². The second-order valence-corrected chi connectivity index (χ2v) is 2.38. The monoisotopic (exact) mass is 192 g/mol. The quantitative estimate of drug-likeness (QED) is 0.366. The van der Waals surface area contributed by atoms with Gasteiger partial charge in [-0.15, -0.1) is 0 Å². The molecule has 1 aromatic heterocycles. The van der Waals surface area contributed by atoms with E-state index in [1.165, 1.54) is 6.20 Å². The molecular weight excluding hydrogens is 184 g/mol. The van der Waals surface area contributed by atoms with Crippen LogP contribution in [0.4, 0.5) is 11.4 Å². The maximum absolute atomic E-state index is 10.5. The third kappa shape index (κ3) is 1.97. The summed E-state index contributed by atoms with van der Waals surface area (Å²) in [6.45, 7) is 0.169. The molecule has 0 saturated carbocycles. The van der Waals surface area contributed by atoms with Crippen LogP contribution < -0.4 is 11.5 Å². The molecule has 0 amide bonds. The van der Waals surface area contributed by atoms with E-state index in [2.05, 4.69) is 16.8 Å². The Morgan fingerprint density at radius 3 is 2.86 bits per heavy atom. The second kappa shape index (κ2) is 4.20. The molecule has 1 heterocycles. The normalized spacial score (nSPS) is 8.93. The number of nitrogen functional groups attached to an aromatic ring is 1. The summed E-state index contributed by atoms with van der Waals surface area (Å²) < 4.78 is 0. The molecule has 0 aliphatic rings. The first-order valence-corrected chi connectivity index (χ1v) is 3.73. The summed E-state index contributed by atoms with van der Waals surface area (Å²) in [6, 6.07) is 0. The van der Waals surface area contributed by atoms with E-state index in [4.69, 9.17) is 11.5 Å². The van der Waals surface area contributed by atoms with Gasteiger partial charge in [0.1, 0.15) is 11.9 Å². The average molecular weight is 192 g/mol. The Morgan fingerprint density at radius 1 is 1.57 bits per heavy atom. The third-order valence-corrected chi connectivity index (χ3v) is 1.49. The topological polar surface area (TPSA) is 108 Å². The van der Waals surface area contributed by atoms with Gasteiger partial charge in [0.05, 0.1) is 17.0 Å². The summed E-state index contributed by atoms with van der Waals surface area (Å²) in [4.78, 5) is 13.5. The number of anilines is 1. The number of rotatable bonds is 1. The molecule has 1 aromatic rings. The lowest BCUT2D eigenvalue weighted by molar-refractivity contribution is -0.384. The van der Waals surface area contributed by atoms with E-state index in [-0.39, 0.29) is 17.9 Å². The van der Waals surface area contributed by atoms with Crippen molar-refractivity contribution in [2.45, 2.75) is 0 Å². The summed E-state index contributed by atoms with van der Waals surface area (Å²) >= 11 is 0. The SMILES string of the molecule is NCC#Cc1cncc([N+](=O)[O-])c1N. The number of pyridine rings is 1. The molecule has 4 N–H and O–H groups in total. The fourth-order valence-electron chi connectivity index (χ4n) is 0.851. The second-order valence-electron chi connectivity index (χ2n) is 2.38. The summed E-state index contributed by atoms with van der Waals surface area (Å²) in [5.41, 5.74) is 10.8. The van der Waals surface area contributed by atoms with Gasteiger partial charge in [0.15, 0.2) is 0 Å². The zero-order chi connectivity index (χ0) is 10.6. The van der Waals surface area contributed by atoms with Crippen LogP contribution >= 0.6 is 0 Å². The van der Waals surface area contributed by atoms with Crippen molar-refractivity contribution in [3.8, 4) is 11.8 Å². The maximum atomic E-state index is 10.5. The van der Waals surface area contributed by atoms with Crippen molar-refractivity contribution in [3.63, 3.8) is 0 Å². The van der Waals surface area contributed by atoms with Crippen LogP contribution in [0.15, 0.2) is 12.4 Å². The standard InChI is InChI=1S/C8H8N4O2/c9-3-1-2-6-4-11-5-7(8(6)10)12(13)14/h4-5H,3,9H2,(H2,10,11). The molecule has 6 heteroatoms. The van der Waals surface area contributed by atoms with Crippen LogP contribution in [0, 0.1) is 22.0 Å². The molecule has 0 aromatic carbocycles. The molecule has 6 nitrogen and oxygen atoms in total. The molecule has 0 bridgehead atoms. The highest BCUT2D eigenvalue weighted by molar-refractivity contribution is 5.66. The van der Waals surface area contributed by atoms with Crippen molar-refractivity contribution in [2.75, 3.05) is 12.3 Å². The summed E-state index contributed by atoms with van der Waals surface area (Å²) in [5.74, 6) is 5.15. The minimum absolute atomic E-state index is 0.0194. The zero-order valence-corrected chi connectivity index (χ0v) is 7.23. The number of aromatic nitrogens is 1. The van der Waals surface area contributed by atoms with E-state index >= 15 is 0 Å². The fourth-order valence-corrected chi connectivity index (χ4v) is 0.851. The Bertz CT molecular complexity index is 419. The van der Waals surface area contributed by atoms with E-state index < -0.39 is 4.92 Å². The molecule has 0 fully saturated rings. The highest BCUT2D eigenvalue weighted by Crippen LogP contribution is 2.22. The fraction of sp³-hybridized carbons (Fsp3) is 0.125. The van der Waals surface area contributed by atoms with Crippen molar-refractivity contribution in [1.82, 2.24) is 4.98 Å². The van der Waals surface area contributed by atoms with Gasteiger partial charge in [0.2, 0.25) is 0 Å². The first-order chi connectivity index (χ1) is 6.66. The van der Waals surface area contributed by atoms with E-state index in [0.717, 1.165) is 6.20 Å². The van der Waals surface area contributed by atoms with E-state index in [1.807, 2.05) is 0 Å². The van der Waals surface area contributed by atoms with Crippen molar-refractivity contribution in [3.05, 3.63) is 28.1 Å². The van der Waals surface area contributed by atoms with Crippen molar-refractivity contribution >= 4 is 11.4 Å². The van der Waals surface area contributed by atoms with Gasteiger partial charge in [-0.05, 0) is 0 Å². The number of nitrogens with zero attached hydrogens (tertiary/aromatic N) is 2. The van der Waals surface area contributed by atoms with Gasteiger partial charge in [-0.2, -0.15) is 0 Å². The first kappa shape index (κ1) is 9.95. The summed E-state index contributed by atoms with van der Waals surface area (Å²) in [7, 11) is 0. The molecule has 72 valence electrons. The molecule has 0 aliphatic heterocycles. The molecular formula is C8H8N4O2. The van der Waals surface area contributed by atoms with Gasteiger partial charge in [-0.1, -0.05) is 11.8 Å². The Balaban J connectivity index is 3.20. The Labute approximate surface area is 80.1 Å². The number of hydrogen-bond acceptors (Lipinski definition) is 5. The van der Waals surface area contributed by atoms with Crippen LogP contribution in [0.5, 0.6) is 0 Å². The van der Waals surface area contributed by atoms with Crippen LogP contribution in [-0.4, -0.2) is 16.5 Å². The van der Waals surface area contributed by atoms with Gasteiger partial charge in [-0.25, -0.2) is 0 Å². The average Bonchev–Trinajstić information content (AvgIpc) is 2.16. The van der Waals surface area contributed by atoms with Gasteiger partial charge < -0.3 is 11.5 Å². The van der Waals surface area contributed by atoms with Crippen LogP contribution in [0.2, 0.25) is 0 Å².